The lowest BCUT2D eigenvalue weighted by molar-refractivity contribution is 0.473. The van der Waals surface area contributed by atoms with Crippen molar-refractivity contribution in [2.24, 2.45) is 0 Å². The van der Waals surface area contributed by atoms with Crippen LogP contribution in [0.15, 0.2) is 57.8 Å². The van der Waals surface area contributed by atoms with Gasteiger partial charge in [0, 0.05) is 17.4 Å². The summed E-state index contributed by atoms with van der Waals surface area (Å²) in [5, 5.41) is 3.34. The van der Waals surface area contributed by atoms with Crippen molar-refractivity contribution in [2.75, 3.05) is 13.3 Å². The average molecular weight is 298 g/mol. The fourth-order valence-corrected chi connectivity index (χ4v) is 2.81. The molecule has 0 bridgehead atoms. The number of rotatable bonds is 5. The van der Waals surface area contributed by atoms with Crippen molar-refractivity contribution in [3.05, 3.63) is 60.0 Å². The van der Waals surface area contributed by atoms with Gasteiger partial charge in [0.1, 0.15) is 5.52 Å². The van der Waals surface area contributed by atoms with E-state index in [0.29, 0.717) is 0 Å². The maximum Gasteiger partial charge on any atom is 0.197 e. The summed E-state index contributed by atoms with van der Waals surface area (Å²) in [5.41, 5.74) is 3.01. The molecule has 0 radical (unpaired) electrons. The summed E-state index contributed by atoms with van der Waals surface area (Å²) < 4.78 is 5.81. The number of hydrogen-bond acceptors (Lipinski definition) is 4. The van der Waals surface area contributed by atoms with Gasteiger partial charge in [-0.1, -0.05) is 24.3 Å². The molecule has 21 heavy (non-hydrogen) atoms. The Morgan fingerprint density at radius 2 is 1.90 bits per heavy atom. The Morgan fingerprint density at radius 1 is 1.14 bits per heavy atom. The Bertz CT molecular complexity index is 688. The summed E-state index contributed by atoms with van der Waals surface area (Å²) in [4.78, 5) is 5.82. The molecule has 0 spiro atoms. The topological polar surface area (TPSA) is 38.1 Å². The molecule has 108 valence electrons. The second-order valence-corrected chi connectivity index (χ2v) is 5.77. The second-order valence-electron chi connectivity index (χ2n) is 4.89. The lowest BCUT2D eigenvalue weighted by Crippen LogP contribution is -2.18. The van der Waals surface area contributed by atoms with E-state index in [4.69, 9.17) is 4.42 Å². The Labute approximate surface area is 128 Å². The minimum atomic E-state index is 0.203. The van der Waals surface area contributed by atoms with Crippen molar-refractivity contribution in [2.45, 2.75) is 17.4 Å². The number of nitrogens with zero attached hydrogens (tertiary/aromatic N) is 1. The zero-order chi connectivity index (χ0) is 14.7. The van der Waals surface area contributed by atoms with Crippen LogP contribution in [0, 0.1) is 0 Å². The number of hydrogen-bond donors (Lipinski definition) is 1. The molecule has 3 nitrogen and oxygen atoms in total. The van der Waals surface area contributed by atoms with Gasteiger partial charge < -0.3 is 9.73 Å². The van der Waals surface area contributed by atoms with Crippen molar-refractivity contribution < 1.29 is 4.42 Å². The third-order valence-corrected chi connectivity index (χ3v) is 4.33. The van der Waals surface area contributed by atoms with Crippen molar-refractivity contribution in [3.8, 4) is 0 Å². The van der Waals surface area contributed by atoms with Crippen LogP contribution in [0.2, 0.25) is 0 Å². The predicted octanol–water partition coefficient (Wildman–Crippen LogP) is 4.05. The van der Waals surface area contributed by atoms with Crippen LogP contribution in [0.25, 0.3) is 11.1 Å². The van der Waals surface area contributed by atoms with E-state index in [9.17, 15) is 0 Å². The van der Waals surface area contributed by atoms with Crippen LogP contribution in [0.3, 0.4) is 0 Å². The summed E-state index contributed by atoms with van der Waals surface area (Å²) in [6.07, 6.45) is 2.83. The molecule has 1 N–H and O–H groups in total. The number of fused-ring (bicyclic) bond motifs is 1. The predicted molar refractivity (Wildman–Crippen MR) is 87.7 cm³/mol. The van der Waals surface area contributed by atoms with Crippen LogP contribution >= 0.6 is 11.8 Å². The molecule has 3 aromatic rings. The van der Waals surface area contributed by atoms with Crippen molar-refractivity contribution in [1.82, 2.24) is 10.3 Å². The van der Waals surface area contributed by atoms with Crippen molar-refractivity contribution in [1.29, 1.82) is 0 Å². The molecule has 0 aliphatic carbocycles. The van der Waals surface area contributed by atoms with Gasteiger partial charge in [0.05, 0.1) is 0 Å². The largest absolute Gasteiger partial charge is 0.441 e. The smallest absolute Gasteiger partial charge is 0.197 e. The summed E-state index contributed by atoms with van der Waals surface area (Å²) in [7, 11) is 1.97. The van der Waals surface area contributed by atoms with E-state index >= 15 is 0 Å². The molecule has 1 aromatic heterocycles. The summed E-state index contributed by atoms with van der Waals surface area (Å²) in [5.74, 6) is 0.768. The van der Waals surface area contributed by atoms with Gasteiger partial charge >= 0.3 is 0 Å². The first kappa shape index (κ1) is 14.2. The van der Waals surface area contributed by atoms with Crippen LogP contribution in [0.5, 0.6) is 0 Å². The van der Waals surface area contributed by atoms with Crippen LogP contribution < -0.4 is 5.32 Å². The zero-order valence-electron chi connectivity index (χ0n) is 12.2. The van der Waals surface area contributed by atoms with E-state index in [1.165, 1.54) is 10.5 Å². The van der Waals surface area contributed by atoms with E-state index in [-0.39, 0.29) is 6.04 Å². The van der Waals surface area contributed by atoms with Gasteiger partial charge in [0.25, 0.3) is 0 Å². The molecule has 0 saturated carbocycles. The second kappa shape index (κ2) is 6.33. The normalized spacial score (nSPS) is 12.7. The first-order valence-corrected chi connectivity index (χ1v) is 8.18. The Hall–Kier alpha value is -1.78. The third kappa shape index (κ3) is 3.12. The van der Waals surface area contributed by atoms with Gasteiger partial charge in [-0.3, -0.25) is 0 Å². The van der Waals surface area contributed by atoms with Crippen molar-refractivity contribution in [3.63, 3.8) is 0 Å². The minimum Gasteiger partial charge on any atom is -0.441 e. The van der Waals surface area contributed by atoms with Gasteiger partial charge in [-0.2, -0.15) is 0 Å². The fraction of sp³-hybridized carbons (Fsp3) is 0.235. The quantitative estimate of drug-likeness (QED) is 0.721. The molecule has 4 heteroatoms. The number of likely N-dealkylation sites (N-methyl/N-ethyl adjacent to an activating group) is 1. The first-order valence-electron chi connectivity index (χ1n) is 6.96. The third-order valence-electron chi connectivity index (χ3n) is 3.58. The highest BCUT2D eigenvalue weighted by Gasteiger charge is 2.14. The van der Waals surface area contributed by atoms with Gasteiger partial charge in [-0.25, -0.2) is 4.98 Å². The molecule has 0 aliphatic heterocycles. The fourth-order valence-electron chi connectivity index (χ4n) is 2.40. The molecule has 1 heterocycles. The van der Waals surface area contributed by atoms with E-state index in [0.717, 1.165) is 23.4 Å². The van der Waals surface area contributed by atoms with E-state index < -0.39 is 0 Å². The average Bonchev–Trinajstić information content (AvgIpc) is 2.95. The molecule has 0 fully saturated rings. The van der Waals surface area contributed by atoms with Gasteiger partial charge in [-0.15, -0.1) is 11.8 Å². The molecular weight excluding hydrogens is 280 g/mol. The molecule has 1 unspecified atom stereocenters. The standard InChI is InChI=1S/C17H18N2OS/c1-18-15(12-7-9-13(21-2)10-8-12)11-17-19-14-5-3-4-6-16(14)20-17/h3-10,15,18H,11H2,1-2H3. The van der Waals surface area contributed by atoms with Crippen LogP contribution in [0.4, 0.5) is 0 Å². The highest BCUT2D eigenvalue weighted by atomic mass is 32.2. The number of nitrogens with one attached hydrogen (secondary N) is 1. The number of benzene rings is 2. The van der Waals surface area contributed by atoms with E-state index in [1.807, 2.05) is 31.3 Å². The molecule has 3 rings (SSSR count). The summed E-state index contributed by atoms with van der Waals surface area (Å²) >= 11 is 1.75. The lowest BCUT2D eigenvalue weighted by Gasteiger charge is -2.15. The molecule has 0 amide bonds. The first-order chi connectivity index (χ1) is 10.3. The summed E-state index contributed by atoms with van der Waals surface area (Å²) in [6, 6.07) is 16.7. The van der Waals surface area contributed by atoms with Crippen molar-refractivity contribution >= 4 is 22.9 Å². The number of para-hydroxylation sites is 2. The van der Waals surface area contributed by atoms with E-state index in [2.05, 4.69) is 40.8 Å². The maximum atomic E-state index is 5.81. The van der Waals surface area contributed by atoms with Crippen LogP contribution in [-0.4, -0.2) is 18.3 Å². The lowest BCUT2D eigenvalue weighted by atomic mass is 10.0. The molecule has 2 aromatic carbocycles. The molecule has 0 saturated heterocycles. The number of oxazole rings is 1. The Morgan fingerprint density at radius 3 is 2.57 bits per heavy atom. The highest BCUT2D eigenvalue weighted by Crippen LogP contribution is 2.23. The zero-order valence-corrected chi connectivity index (χ0v) is 13.0. The minimum absolute atomic E-state index is 0.203. The molecule has 0 aliphatic rings. The SMILES string of the molecule is CNC(Cc1nc2ccccc2o1)c1ccc(SC)cc1. The molecular formula is C17H18N2OS. The van der Waals surface area contributed by atoms with Crippen LogP contribution in [-0.2, 0) is 6.42 Å². The monoisotopic (exact) mass is 298 g/mol. The van der Waals surface area contributed by atoms with Gasteiger partial charge in [0.15, 0.2) is 11.5 Å². The highest BCUT2D eigenvalue weighted by molar-refractivity contribution is 7.98. The Balaban J connectivity index is 1.82. The number of thioether (sulfide) groups is 1. The number of aromatic nitrogens is 1. The van der Waals surface area contributed by atoms with E-state index in [1.54, 1.807) is 11.8 Å². The Kier molecular flexibility index (Phi) is 4.27. The van der Waals surface area contributed by atoms with Gasteiger partial charge in [0.2, 0.25) is 0 Å². The van der Waals surface area contributed by atoms with Crippen LogP contribution in [0.1, 0.15) is 17.5 Å². The van der Waals surface area contributed by atoms with Gasteiger partial charge in [-0.05, 0) is 43.1 Å². The maximum absolute atomic E-state index is 5.81. The summed E-state index contributed by atoms with van der Waals surface area (Å²) in [6.45, 7) is 0. The molecule has 1 atom stereocenters.